The fraction of sp³-hybridized carbons (Fsp3) is 0.462. The van der Waals surface area contributed by atoms with E-state index in [-0.39, 0.29) is 16.3 Å². The predicted molar refractivity (Wildman–Crippen MR) is 141 cm³/mol. The van der Waals surface area contributed by atoms with Gasteiger partial charge in [0.2, 0.25) is 10.0 Å². The molecule has 0 radical (unpaired) electrons. The van der Waals surface area contributed by atoms with Crippen LogP contribution in [0.2, 0.25) is 0 Å². The predicted octanol–water partition coefficient (Wildman–Crippen LogP) is 5.21. The smallest absolute Gasteiger partial charge is 0.279 e. The van der Waals surface area contributed by atoms with E-state index in [0.29, 0.717) is 47.9 Å². The Morgan fingerprint density at radius 1 is 1.06 bits per heavy atom. The van der Waals surface area contributed by atoms with Gasteiger partial charge in [-0.25, -0.2) is 12.8 Å². The summed E-state index contributed by atoms with van der Waals surface area (Å²) in [5, 5.41) is 0. The fourth-order valence-electron chi connectivity index (χ4n) is 3.77. The maximum absolute atomic E-state index is 14.6. The third kappa shape index (κ3) is 6.67. The lowest BCUT2D eigenvalue weighted by Crippen LogP contribution is -2.33. The second kappa shape index (κ2) is 13.2. The van der Waals surface area contributed by atoms with E-state index in [1.807, 2.05) is 20.8 Å². The van der Waals surface area contributed by atoms with Crippen LogP contribution in [0, 0.1) is 5.82 Å². The number of halogens is 1. The summed E-state index contributed by atoms with van der Waals surface area (Å²) >= 11 is 1.22. The average Bonchev–Trinajstić information content (AvgIpc) is 3.22. The summed E-state index contributed by atoms with van der Waals surface area (Å²) in [6.45, 7) is 8.11. The number of carbonyl (C=O) groups excluding carboxylic acids is 1. The highest BCUT2D eigenvalue weighted by atomic mass is 32.2. The van der Waals surface area contributed by atoms with Gasteiger partial charge in [0, 0.05) is 31.8 Å². The molecule has 0 saturated carbocycles. The van der Waals surface area contributed by atoms with Crippen LogP contribution >= 0.6 is 11.3 Å². The van der Waals surface area contributed by atoms with Crippen molar-refractivity contribution in [2.45, 2.75) is 57.9 Å². The molecule has 7 nitrogen and oxygen atoms in total. The van der Waals surface area contributed by atoms with Crippen molar-refractivity contribution in [1.82, 2.24) is 8.87 Å². The highest BCUT2D eigenvalue weighted by molar-refractivity contribution is 7.89. The molecule has 3 aromatic rings. The Kier molecular flexibility index (Phi) is 10.4. The Hall–Kier alpha value is -2.40. The van der Waals surface area contributed by atoms with E-state index >= 15 is 0 Å². The first-order valence-electron chi connectivity index (χ1n) is 12.4. The Morgan fingerprint density at radius 2 is 1.72 bits per heavy atom. The first-order chi connectivity index (χ1) is 17.3. The second-order valence-electron chi connectivity index (χ2n) is 8.37. The molecule has 3 rings (SSSR count). The van der Waals surface area contributed by atoms with Gasteiger partial charge in [-0.1, -0.05) is 44.1 Å². The molecule has 0 saturated heterocycles. The fourth-order valence-corrected chi connectivity index (χ4v) is 6.36. The lowest BCUT2D eigenvalue weighted by atomic mass is 10.2. The van der Waals surface area contributed by atoms with Crippen molar-refractivity contribution in [2.24, 2.45) is 4.99 Å². The first-order valence-corrected chi connectivity index (χ1v) is 14.6. The number of ether oxygens (including phenoxy) is 1. The maximum Gasteiger partial charge on any atom is 0.279 e. The molecule has 10 heteroatoms. The van der Waals surface area contributed by atoms with Gasteiger partial charge in [0.1, 0.15) is 5.82 Å². The van der Waals surface area contributed by atoms with Crippen molar-refractivity contribution >= 4 is 37.5 Å². The summed E-state index contributed by atoms with van der Waals surface area (Å²) in [7, 11) is -3.65. The van der Waals surface area contributed by atoms with Crippen LogP contribution < -0.4 is 4.80 Å². The van der Waals surface area contributed by atoms with Gasteiger partial charge in [-0.2, -0.15) is 9.30 Å². The van der Waals surface area contributed by atoms with Gasteiger partial charge < -0.3 is 9.30 Å². The zero-order chi connectivity index (χ0) is 26.1. The van der Waals surface area contributed by atoms with Crippen LogP contribution in [0.5, 0.6) is 0 Å². The van der Waals surface area contributed by atoms with E-state index in [9.17, 15) is 17.6 Å². The van der Waals surface area contributed by atoms with E-state index in [4.69, 9.17) is 4.74 Å². The van der Waals surface area contributed by atoms with Gasteiger partial charge in [0.15, 0.2) is 4.80 Å². The summed E-state index contributed by atoms with van der Waals surface area (Å²) < 4.78 is 50.2. The summed E-state index contributed by atoms with van der Waals surface area (Å²) in [6.07, 6.45) is 3.38. The molecular weight excluding hydrogens is 501 g/mol. The van der Waals surface area contributed by atoms with Crippen LogP contribution in [0.15, 0.2) is 52.4 Å². The van der Waals surface area contributed by atoms with Gasteiger partial charge in [-0.05, 0) is 56.2 Å². The third-order valence-electron chi connectivity index (χ3n) is 5.77. The van der Waals surface area contributed by atoms with E-state index in [1.54, 1.807) is 16.7 Å². The van der Waals surface area contributed by atoms with Crippen LogP contribution in [-0.2, 0) is 21.3 Å². The molecule has 0 N–H and O–H groups in total. The number of carbonyl (C=O) groups is 1. The number of fused-ring (bicyclic) bond motifs is 1. The number of hydrogen-bond donors (Lipinski definition) is 0. The Morgan fingerprint density at radius 3 is 2.33 bits per heavy atom. The van der Waals surface area contributed by atoms with Crippen LogP contribution in [0.4, 0.5) is 4.39 Å². The molecule has 1 heterocycles. The van der Waals surface area contributed by atoms with Gasteiger partial charge >= 0.3 is 0 Å². The minimum absolute atomic E-state index is 0.155. The summed E-state index contributed by atoms with van der Waals surface area (Å²) in [6, 6.07) is 10.7. The van der Waals surface area contributed by atoms with E-state index in [1.165, 1.54) is 46.0 Å². The molecule has 0 atom stereocenters. The standard InChI is InChI=1S/C26H34FN3O4S2/c1-4-7-16-29(17-8-5-2)36(32,33)21-14-12-20(13-15-21)25(31)28-26-30(18-19-34-6-3)24-22(27)10-9-11-23(24)35-26/h9-15H,4-8,16-19H2,1-3H3. The molecule has 0 fully saturated rings. The molecule has 196 valence electrons. The first kappa shape index (κ1) is 28.2. The Balaban J connectivity index is 1.91. The maximum atomic E-state index is 14.6. The van der Waals surface area contributed by atoms with Crippen molar-refractivity contribution in [3.05, 3.63) is 58.6 Å². The number of sulfonamides is 1. The minimum atomic E-state index is -3.65. The largest absolute Gasteiger partial charge is 0.380 e. The number of nitrogens with zero attached hydrogens (tertiary/aromatic N) is 3. The summed E-state index contributed by atoms with van der Waals surface area (Å²) in [5.41, 5.74) is 0.645. The normalized spacial score (nSPS) is 12.6. The third-order valence-corrected chi connectivity index (χ3v) is 8.73. The van der Waals surface area contributed by atoms with Crippen molar-refractivity contribution in [1.29, 1.82) is 0 Å². The van der Waals surface area contributed by atoms with Crippen LogP contribution in [-0.4, -0.2) is 49.5 Å². The van der Waals surface area contributed by atoms with E-state index in [0.717, 1.165) is 25.7 Å². The molecule has 0 aliphatic carbocycles. The van der Waals surface area contributed by atoms with E-state index in [2.05, 4.69) is 4.99 Å². The van der Waals surface area contributed by atoms with Gasteiger partial charge in [-0.3, -0.25) is 4.79 Å². The monoisotopic (exact) mass is 535 g/mol. The number of rotatable bonds is 13. The highest BCUT2D eigenvalue weighted by Crippen LogP contribution is 2.21. The molecule has 0 spiro atoms. The quantitative estimate of drug-likeness (QED) is 0.282. The van der Waals surface area contributed by atoms with Gasteiger partial charge in [0.25, 0.3) is 5.91 Å². The minimum Gasteiger partial charge on any atom is -0.380 e. The average molecular weight is 536 g/mol. The summed E-state index contributed by atoms with van der Waals surface area (Å²) in [4.78, 5) is 17.7. The zero-order valence-corrected chi connectivity index (χ0v) is 22.7. The number of benzene rings is 2. The van der Waals surface area contributed by atoms with Crippen molar-refractivity contribution in [3.8, 4) is 0 Å². The van der Waals surface area contributed by atoms with Crippen molar-refractivity contribution in [2.75, 3.05) is 26.3 Å². The zero-order valence-electron chi connectivity index (χ0n) is 21.1. The molecule has 36 heavy (non-hydrogen) atoms. The molecule has 0 aliphatic rings. The number of para-hydroxylation sites is 1. The Bertz CT molecular complexity index is 1320. The second-order valence-corrected chi connectivity index (χ2v) is 11.3. The molecule has 1 aromatic heterocycles. The molecule has 2 aromatic carbocycles. The van der Waals surface area contributed by atoms with E-state index < -0.39 is 15.9 Å². The van der Waals surface area contributed by atoms with Crippen molar-refractivity contribution < 1.29 is 22.3 Å². The molecule has 0 bridgehead atoms. The number of unbranched alkanes of at least 4 members (excludes halogenated alkanes) is 2. The molecular formula is C26H34FN3O4S2. The Labute approximate surface area is 216 Å². The van der Waals surface area contributed by atoms with Gasteiger partial charge in [0.05, 0.1) is 21.7 Å². The van der Waals surface area contributed by atoms with Crippen LogP contribution in [0.3, 0.4) is 0 Å². The summed E-state index contributed by atoms with van der Waals surface area (Å²) in [5.74, 6) is -0.913. The number of thiazole rings is 1. The number of aromatic nitrogens is 1. The highest BCUT2D eigenvalue weighted by Gasteiger charge is 2.24. The van der Waals surface area contributed by atoms with Crippen molar-refractivity contribution in [3.63, 3.8) is 0 Å². The number of hydrogen-bond acceptors (Lipinski definition) is 5. The molecule has 0 unspecified atom stereocenters. The van der Waals surface area contributed by atoms with Gasteiger partial charge in [-0.15, -0.1) is 0 Å². The van der Waals surface area contributed by atoms with Crippen LogP contribution in [0.1, 0.15) is 56.8 Å². The molecule has 1 amide bonds. The lowest BCUT2D eigenvalue weighted by molar-refractivity contribution is 0.0996. The molecule has 0 aliphatic heterocycles. The SMILES string of the molecule is CCCCN(CCCC)S(=O)(=O)c1ccc(C(=O)N=c2sc3cccc(F)c3n2CCOCC)cc1. The lowest BCUT2D eigenvalue weighted by Gasteiger charge is -2.22. The topological polar surface area (TPSA) is 81.0 Å². The number of amides is 1. The van der Waals surface area contributed by atoms with Crippen LogP contribution in [0.25, 0.3) is 10.2 Å².